The first-order valence-corrected chi connectivity index (χ1v) is 6.72. The molecule has 0 aliphatic carbocycles. The predicted octanol–water partition coefficient (Wildman–Crippen LogP) is 1.30. The van der Waals surface area contributed by atoms with Crippen LogP contribution in [0.25, 0.3) is 0 Å². The van der Waals surface area contributed by atoms with E-state index in [2.05, 4.69) is 9.97 Å². The first kappa shape index (κ1) is 12.6. The van der Waals surface area contributed by atoms with E-state index in [0.717, 1.165) is 10.9 Å². The number of aromatic nitrogens is 2. The van der Waals surface area contributed by atoms with E-state index in [1.165, 1.54) is 11.8 Å². The van der Waals surface area contributed by atoms with Gasteiger partial charge >= 0.3 is 0 Å². The summed E-state index contributed by atoms with van der Waals surface area (Å²) in [5, 5.41) is 0.723. The molecule has 1 aliphatic heterocycles. The van der Waals surface area contributed by atoms with Crippen molar-refractivity contribution in [2.75, 3.05) is 32.7 Å². The third-order valence-electron chi connectivity index (χ3n) is 2.29. The van der Waals surface area contributed by atoms with Gasteiger partial charge in [0.2, 0.25) is 5.88 Å². The van der Waals surface area contributed by atoms with Gasteiger partial charge in [-0.1, -0.05) is 11.8 Å². The van der Waals surface area contributed by atoms with Crippen molar-refractivity contribution in [3.05, 3.63) is 11.8 Å². The molecule has 6 heteroatoms. The summed E-state index contributed by atoms with van der Waals surface area (Å²) in [6.45, 7) is 4.27. The maximum absolute atomic E-state index is 5.60. The molecule has 5 nitrogen and oxygen atoms in total. The van der Waals surface area contributed by atoms with Gasteiger partial charge in [-0.25, -0.2) is 4.98 Å². The quantitative estimate of drug-likeness (QED) is 0.598. The van der Waals surface area contributed by atoms with Gasteiger partial charge in [-0.15, -0.1) is 0 Å². The Bertz CT molecular complexity index is 370. The first-order valence-electron chi connectivity index (χ1n) is 5.50. The molecular weight excluding hydrogens is 240 g/mol. The second-order valence-corrected chi connectivity index (χ2v) is 4.49. The molecular formula is C11H16N2O3S. The van der Waals surface area contributed by atoms with Crippen molar-refractivity contribution < 1.29 is 14.2 Å². The van der Waals surface area contributed by atoms with Crippen molar-refractivity contribution in [2.45, 2.75) is 18.2 Å². The molecule has 0 saturated carbocycles. The lowest BCUT2D eigenvalue weighted by Gasteiger charge is -2.22. The van der Waals surface area contributed by atoms with E-state index >= 15 is 0 Å². The topological polar surface area (TPSA) is 53.5 Å². The summed E-state index contributed by atoms with van der Waals surface area (Å²) in [5.41, 5.74) is 0.903. The van der Waals surface area contributed by atoms with E-state index in [1.54, 1.807) is 0 Å². The Hall–Kier alpha value is -0.850. The van der Waals surface area contributed by atoms with Crippen LogP contribution in [0.3, 0.4) is 0 Å². The van der Waals surface area contributed by atoms with Crippen molar-refractivity contribution in [1.29, 1.82) is 0 Å². The zero-order chi connectivity index (χ0) is 12.1. The largest absolute Gasteiger partial charge is 0.475 e. The van der Waals surface area contributed by atoms with Gasteiger partial charge < -0.3 is 14.2 Å². The zero-order valence-electron chi connectivity index (χ0n) is 10.0. The van der Waals surface area contributed by atoms with Gasteiger partial charge in [0.05, 0.1) is 19.8 Å². The van der Waals surface area contributed by atoms with Gasteiger partial charge in [0, 0.05) is 11.8 Å². The van der Waals surface area contributed by atoms with Gasteiger partial charge in [-0.3, -0.25) is 0 Å². The summed E-state index contributed by atoms with van der Waals surface area (Å²) in [6.07, 6.45) is 1.94. The summed E-state index contributed by atoms with van der Waals surface area (Å²) in [6, 6.07) is 1.82. The lowest BCUT2D eigenvalue weighted by molar-refractivity contribution is -0.102. The van der Waals surface area contributed by atoms with Crippen LogP contribution in [0.5, 0.6) is 5.88 Å². The van der Waals surface area contributed by atoms with Crippen molar-refractivity contribution in [2.24, 2.45) is 0 Å². The molecule has 0 radical (unpaired) electrons. The van der Waals surface area contributed by atoms with E-state index in [0.29, 0.717) is 32.3 Å². The van der Waals surface area contributed by atoms with Crippen molar-refractivity contribution in [3.63, 3.8) is 0 Å². The Morgan fingerprint density at radius 2 is 2.35 bits per heavy atom. The molecule has 0 bridgehead atoms. The molecule has 1 fully saturated rings. The van der Waals surface area contributed by atoms with Crippen LogP contribution >= 0.6 is 11.8 Å². The maximum atomic E-state index is 5.60. The molecule has 1 atom stereocenters. The fourth-order valence-corrected chi connectivity index (χ4v) is 1.91. The Balaban J connectivity index is 1.91. The second-order valence-electron chi connectivity index (χ2n) is 3.71. The van der Waals surface area contributed by atoms with Gasteiger partial charge in [0.1, 0.15) is 12.7 Å². The van der Waals surface area contributed by atoms with Crippen LogP contribution in [0.4, 0.5) is 0 Å². The minimum Gasteiger partial charge on any atom is -0.475 e. The average Bonchev–Trinajstić information content (AvgIpc) is 2.37. The zero-order valence-corrected chi connectivity index (χ0v) is 10.8. The van der Waals surface area contributed by atoms with E-state index in [1.807, 2.05) is 19.2 Å². The normalized spacial score (nSPS) is 20.2. The van der Waals surface area contributed by atoms with Gasteiger partial charge in [-0.2, -0.15) is 4.98 Å². The number of hydrogen-bond donors (Lipinski definition) is 0. The van der Waals surface area contributed by atoms with Crippen LogP contribution in [0.15, 0.2) is 11.2 Å². The number of hydrogen-bond acceptors (Lipinski definition) is 6. The Morgan fingerprint density at radius 3 is 3.06 bits per heavy atom. The highest BCUT2D eigenvalue weighted by atomic mass is 32.2. The Labute approximate surface area is 105 Å². The SMILES string of the molecule is CSc1nc(C)cc(OCC2COCCO2)n1. The fourth-order valence-electron chi connectivity index (χ4n) is 1.49. The average molecular weight is 256 g/mol. The van der Waals surface area contributed by atoms with Crippen molar-refractivity contribution in [1.82, 2.24) is 9.97 Å². The summed E-state index contributed by atoms with van der Waals surface area (Å²) >= 11 is 1.50. The molecule has 1 saturated heterocycles. The minimum absolute atomic E-state index is 0.00301. The lowest BCUT2D eigenvalue weighted by Crippen LogP contribution is -2.33. The van der Waals surface area contributed by atoms with Crippen molar-refractivity contribution in [3.8, 4) is 5.88 Å². The first-order chi connectivity index (χ1) is 8.28. The highest BCUT2D eigenvalue weighted by molar-refractivity contribution is 7.98. The van der Waals surface area contributed by atoms with E-state index in [-0.39, 0.29) is 6.10 Å². The molecule has 1 aliphatic rings. The van der Waals surface area contributed by atoms with Gasteiger partial charge in [-0.05, 0) is 13.2 Å². The molecule has 94 valence electrons. The highest BCUT2D eigenvalue weighted by Gasteiger charge is 2.15. The molecule has 1 aromatic rings. The number of rotatable bonds is 4. The minimum atomic E-state index is -0.00301. The van der Waals surface area contributed by atoms with Crippen LogP contribution in [0, 0.1) is 6.92 Å². The number of ether oxygens (including phenoxy) is 3. The third-order valence-corrected chi connectivity index (χ3v) is 2.84. The van der Waals surface area contributed by atoms with Crippen LogP contribution in [-0.4, -0.2) is 48.8 Å². The van der Waals surface area contributed by atoms with E-state index in [4.69, 9.17) is 14.2 Å². The van der Waals surface area contributed by atoms with Crippen molar-refractivity contribution >= 4 is 11.8 Å². The lowest BCUT2D eigenvalue weighted by atomic mass is 10.4. The number of nitrogens with zero attached hydrogens (tertiary/aromatic N) is 2. The molecule has 0 aromatic carbocycles. The molecule has 17 heavy (non-hydrogen) atoms. The summed E-state index contributed by atoms with van der Waals surface area (Å²) in [4.78, 5) is 8.53. The summed E-state index contributed by atoms with van der Waals surface area (Å²) < 4.78 is 16.4. The summed E-state index contributed by atoms with van der Waals surface area (Å²) in [5.74, 6) is 0.594. The van der Waals surface area contributed by atoms with Crippen LogP contribution in [-0.2, 0) is 9.47 Å². The second kappa shape index (κ2) is 6.18. The van der Waals surface area contributed by atoms with E-state index in [9.17, 15) is 0 Å². The molecule has 0 N–H and O–H groups in total. The standard InChI is InChI=1S/C11H16N2O3S/c1-8-5-10(13-11(12-8)17-2)16-7-9-6-14-3-4-15-9/h5,9H,3-4,6-7H2,1-2H3. The third kappa shape index (κ3) is 3.83. The fraction of sp³-hybridized carbons (Fsp3) is 0.636. The Morgan fingerprint density at radius 1 is 1.47 bits per heavy atom. The predicted molar refractivity (Wildman–Crippen MR) is 64.6 cm³/mol. The van der Waals surface area contributed by atoms with Crippen LogP contribution < -0.4 is 4.74 Å². The number of thioether (sulfide) groups is 1. The molecule has 2 heterocycles. The van der Waals surface area contributed by atoms with Crippen LogP contribution in [0.1, 0.15) is 5.69 Å². The summed E-state index contributed by atoms with van der Waals surface area (Å²) in [7, 11) is 0. The molecule has 0 spiro atoms. The molecule has 0 amide bonds. The van der Waals surface area contributed by atoms with Gasteiger partial charge in [0.15, 0.2) is 5.16 Å². The Kier molecular flexibility index (Phi) is 4.58. The molecule has 1 aromatic heterocycles. The maximum Gasteiger partial charge on any atom is 0.217 e. The molecule has 1 unspecified atom stereocenters. The number of aryl methyl sites for hydroxylation is 1. The van der Waals surface area contributed by atoms with E-state index < -0.39 is 0 Å². The smallest absolute Gasteiger partial charge is 0.217 e. The highest BCUT2D eigenvalue weighted by Crippen LogP contribution is 2.16. The van der Waals surface area contributed by atoms with Crippen LogP contribution in [0.2, 0.25) is 0 Å². The monoisotopic (exact) mass is 256 g/mol. The van der Waals surface area contributed by atoms with Gasteiger partial charge in [0.25, 0.3) is 0 Å². The molecule has 2 rings (SSSR count).